The molecule has 18 heavy (non-hydrogen) atoms. The number of hydrogen-bond donors (Lipinski definition) is 1. The molecule has 2 aliphatic rings. The van der Waals surface area contributed by atoms with Crippen molar-refractivity contribution in [1.82, 2.24) is 9.80 Å². The van der Waals surface area contributed by atoms with Gasteiger partial charge in [-0.15, -0.1) is 0 Å². The molecule has 0 bridgehead atoms. The van der Waals surface area contributed by atoms with E-state index in [-0.39, 0.29) is 0 Å². The second-order valence-electron chi connectivity index (χ2n) is 5.65. The highest BCUT2D eigenvalue weighted by Crippen LogP contribution is 2.27. The van der Waals surface area contributed by atoms with Gasteiger partial charge >= 0.3 is 0 Å². The molecule has 2 fully saturated rings. The number of likely N-dealkylation sites (tertiary alicyclic amines) is 1. The van der Waals surface area contributed by atoms with Crippen molar-refractivity contribution in [3.05, 3.63) is 0 Å². The van der Waals surface area contributed by atoms with Crippen molar-refractivity contribution >= 4 is 5.91 Å². The molecule has 0 radical (unpaired) electrons. The first kappa shape index (κ1) is 13.8. The number of likely N-dealkylation sites (N-methyl/N-ethyl adjacent to an activating group) is 1. The third kappa shape index (κ3) is 3.04. The van der Waals surface area contributed by atoms with Crippen LogP contribution in [0.2, 0.25) is 0 Å². The number of hydrogen-bond acceptors (Lipinski definition) is 3. The van der Waals surface area contributed by atoms with E-state index >= 15 is 0 Å². The van der Waals surface area contributed by atoms with E-state index in [1.807, 2.05) is 4.90 Å². The fourth-order valence-corrected chi connectivity index (χ4v) is 3.25. The number of nitrogens with two attached hydrogens (primary N) is 1. The van der Waals surface area contributed by atoms with Gasteiger partial charge in [0, 0.05) is 19.1 Å². The highest BCUT2D eigenvalue weighted by molar-refractivity contribution is 5.79. The van der Waals surface area contributed by atoms with Crippen molar-refractivity contribution in [3.8, 4) is 0 Å². The largest absolute Gasteiger partial charge is 0.341 e. The fourth-order valence-electron chi connectivity index (χ4n) is 3.25. The lowest BCUT2D eigenvalue weighted by molar-refractivity contribution is -0.136. The Morgan fingerprint density at radius 3 is 2.56 bits per heavy atom. The summed E-state index contributed by atoms with van der Waals surface area (Å²) >= 11 is 0. The van der Waals surface area contributed by atoms with Gasteiger partial charge < -0.3 is 10.6 Å². The van der Waals surface area contributed by atoms with Gasteiger partial charge in [-0.2, -0.15) is 0 Å². The second kappa shape index (κ2) is 6.53. The molecule has 1 amide bonds. The molecule has 0 spiro atoms. The van der Waals surface area contributed by atoms with Gasteiger partial charge in [0.05, 0.1) is 6.54 Å². The van der Waals surface area contributed by atoms with Crippen LogP contribution in [0.15, 0.2) is 0 Å². The van der Waals surface area contributed by atoms with E-state index in [2.05, 4.69) is 11.8 Å². The van der Waals surface area contributed by atoms with Crippen LogP contribution in [0.5, 0.6) is 0 Å². The van der Waals surface area contributed by atoms with Crippen LogP contribution in [0, 0.1) is 5.92 Å². The summed E-state index contributed by atoms with van der Waals surface area (Å²) in [6.07, 6.45) is 6.21. The van der Waals surface area contributed by atoms with Crippen LogP contribution in [0.1, 0.15) is 39.0 Å². The molecule has 4 nitrogen and oxygen atoms in total. The van der Waals surface area contributed by atoms with Crippen LogP contribution < -0.4 is 5.73 Å². The van der Waals surface area contributed by atoms with Crippen molar-refractivity contribution < 1.29 is 4.79 Å². The van der Waals surface area contributed by atoms with Crippen LogP contribution in [-0.4, -0.2) is 54.5 Å². The van der Waals surface area contributed by atoms with E-state index in [1.165, 1.54) is 32.1 Å². The molecule has 1 saturated carbocycles. The predicted molar refractivity (Wildman–Crippen MR) is 73.2 cm³/mol. The summed E-state index contributed by atoms with van der Waals surface area (Å²) in [6.45, 7) is 6.39. The number of rotatable bonds is 5. The van der Waals surface area contributed by atoms with Gasteiger partial charge in [0.25, 0.3) is 0 Å². The molecule has 1 saturated heterocycles. The minimum Gasteiger partial charge on any atom is -0.341 e. The highest BCUT2D eigenvalue weighted by atomic mass is 16.2. The molecule has 2 unspecified atom stereocenters. The monoisotopic (exact) mass is 253 g/mol. The number of nitrogens with zero attached hydrogens (tertiary/aromatic N) is 2. The minimum atomic E-state index is 0.310. The summed E-state index contributed by atoms with van der Waals surface area (Å²) in [6, 6.07) is 0.527. The Balaban J connectivity index is 1.91. The first-order valence-corrected chi connectivity index (χ1v) is 7.48. The van der Waals surface area contributed by atoms with Crippen LogP contribution in [0.3, 0.4) is 0 Å². The summed E-state index contributed by atoms with van der Waals surface area (Å²) in [5.41, 5.74) is 5.89. The van der Waals surface area contributed by atoms with E-state index in [9.17, 15) is 4.79 Å². The van der Waals surface area contributed by atoms with Gasteiger partial charge in [0.15, 0.2) is 0 Å². The van der Waals surface area contributed by atoms with Crippen molar-refractivity contribution in [1.29, 1.82) is 0 Å². The van der Waals surface area contributed by atoms with Crippen molar-refractivity contribution in [3.63, 3.8) is 0 Å². The molecule has 2 N–H and O–H groups in total. The number of carbonyl (C=O) groups is 1. The van der Waals surface area contributed by atoms with Crippen LogP contribution in [-0.2, 0) is 4.79 Å². The summed E-state index contributed by atoms with van der Waals surface area (Å²) in [4.78, 5) is 16.4. The molecule has 2 rings (SSSR count). The molecule has 4 heteroatoms. The first-order valence-electron chi connectivity index (χ1n) is 7.48. The van der Waals surface area contributed by atoms with Gasteiger partial charge in [0.1, 0.15) is 0 Å². The number of carbonyl (C=O) groups excluding carboxylic acids is 1. The smallest absolute Gasteiger partial charge is 0.236 e. The molecule has 1 aliphatic carbocycles. The Morgan fingerprint density at radius 1 is 1.28 bits per heavy atom. The fraction of sp³-hybridized carbons (Fsp3) is 0.929. The first-order chi connectivity index (χ1) is 8.76. The summed E-state index contributed by atoms with van der Waals surface area (Å²) in [5, 5.41) is 0. The van der Waals surface area contributed by atoms with Gasteiger partial charge in [-0.1, -0.05) is 19.8 Å². The Hall–Kier alpha value is -0.610. The normalized spacial score (nSPS) is 28.3. The van der Waals surface area contributed by atoms with Gasteiger partial charge in [-0.25, -0.2) is 0 Å². The molecule has 2 atom stereocenters. The van der Waals surface area contributed by atoms with E-state index in [1.54, 1.807) is 0 Å². The van der Waals surface area contributed by atoms with Gasteiger partial charge in [-0.05, 0) is 38.3 Å². The van der Waals surface area contributed by atoms with Crippen LogP contribution in [0.4, 0.5) is 0 Å². The second-order valence-corrected chi connectivity index (χ2v) is 5.65. The number of amides is 1. The maximum atomic E-state index is 12.1. The van der Waals surface area contributed by atoms with Crippen LogP contribution in [0.25, 0.3) is 0 Å². The van der Waals surface area contributed by atoms with Crippen molar-refractivity contribution in [2.24, 2.45) is 11.7 Å². The Labute approximate surface area is 110 Å². The topological polar surface area (TPSA) is 49.6 Å². The summed E-state index contributed by atoms with van der Waals surface area (Å²) in [5.74, 6) is 0.896. The summed E-state index contributed by atoms with van der Waals surface area (Å²) in [7, 11) is 0. The molecule has 0 aromatic rings. The molecule has 1 aliphatic heterocycles. The third-order valence-corrected chi connectivity index (χ3v) is 4.59. The zero-order valence-electron chi connectivity index (χ0n) is 11.6. The van der Waals surface area contributed by atoms with E-state index in [0.717, 1.165) is 26.2 Å². The Morgan fingerprint density at radius 2 is 2.00 bits per heavy atom. The standard InChI is InChI=1S/C14H27N3O/c1-2-16(11-14(18)17-8-5-9-17)13-7-4-3-6-12(13)10-15/h12-13H,2-11,15H2,1H3. The maximum Gasteiger partial charge on any atom is 0.236 e. The molecular weight excluding hydrogens is 226 g/mol. The van der Waals surface area contributed by atoms with Crippen molar-refractivity contribution in [2.45, 2.75) is 45.1 Å². The molecular formula is C14H27N3O. The van der Waals surface area contributed by atoms with Gasteiger partial charge in [-0.3, -0.25) is 9.69 Å². The molecule has 1 heterocycles. The lowest BCUT2D eigenvalue weighted by Crippen LogP contribution is -2.52. The third-order valence-electron chi connectivity index (χ3n) is 4.59. The lowest BCUT2D eigenvalue weighted by Gasteiger charge is -2.40. The highest BCUT2D eigenvalue weighted by Gasteiger charge is 2.31. The average molecular weight is 253 g/mol. The Kier molecular flexibility index (Phi) is 5.01. The SMILES string of the molecule is CCN(CC(=O)N1CCC1)C1CCCCC1CN. The van der Waals surface area contributed by atoms with Crippen molar-refractivity contribution in [2.75, 3.05) is 32.7 Å². The quantitative estimate of drug-likeness (QED) is 0.797. The molecule has 104 valence electrons. The van der Waals surface area contributed by atoms with E-state index in [4.69, 9.17) is 5.73 Å². The zero-order chi connectivity index (χ0) is 13.0. The Bertz CT molecular complexity index is 278. The van der Waals surface area contributed by atoms with E-state index in [0.29, 0.717) is 24.4 Å². The average Bonchev–Trinajstić information content (AvgIpc) is 2.34. The lowest BCUT2D eigenvalue weighted by atomic mass is 9.83. The summed E-state index contributed by atoms with van der Waals surface area (Å²) < 4.78 is 0. The maximum absolute atomic E-state index is 12.1. The zero-order valence-corrected chi connectivity index (χ0v) is 11.6. The van der Waals surface area contributed by atoms with Gasteiger partial charge in [0.2, 0.25) is 5.91 Å². The minimum absolute atomic E-state index is 0.310. The molecule has 0 aromatic heterocycles. The van der Waals surface area contributed by atoms with E-state index < -0.39 is 0 Å². The predicted octanol–water partition coefficient (Wildman–Crippen LogP) is 1.06. The van der Waals surface area contributed by atoms with Crippen LogP contribution >= 0.6 is 0 Å². The molecule has 0 aromatic carbocycles.